The zero-order valence-corrected chi connectivity index (χ0v) is 10.6. The van der Waals surface area contributed by atoms with E-state index in [4.69, 9.17) is 5.11 Å². The van der Waals surface area contributed by atoms with Gasteiger partial charge in [0.05, 0.1) is 6.61 Å². The number of carbonyl (C=O) groups is 1. The quantitative estimate of drug-likeness (QED) is 0.822. The van der Waals surface area contributed by atoms with Crippen molar-refractivity contribution in [3.05, 3.63) is 35.4 Å². The molecule has 0 aromatic heterocycles. The van der Waals surface area contributed by atoms with E-state index in [-0.39, 0.29) is 12.5 Å². The Labute approximate surface area is 103 Å². The number of aliphatic hydroxyl groups is 1. The third-order valence-electron chi connectivity index (χ3n) is 2.66. The molecule has 1 aromatic rings. The first-order valence-electron chi connectivity index (χ1n) is 6.22. The molecule has 1 N–H and O–H groups in total. The molecule has 94 valence electrons. The van der Waals surface area contributed by atoms with Crippen molar-refractivity contribution < 1.29 is 9.90 Å². The van der Waals surface area contributed by atoms with Crippen LogP contribution in [0.2, 0.25) is 0 Å². The Bertz CT molecular complexity index is 340. The normalized spacial score (nSPS) is 10.3. The summed E-state index contributed by atoms with van der Waals surface area (Å²) < 4.78 is 0. The fourth-order valence-corrected chi connectivity index (χ4v) is 1.79. The second-order valence-electron chi connectivity index (χ2n) is 4.15. The first kappa shape index (κ1) is 13.7. The summed E-state index contributed by atoms with van der Waals surface area (Å²) in [4.78, 5) is 14.1. The summed E-state index contributed by atoms with van der Waals surface area (Å²) in [6.45, 7) is 5.76. The van der Waals surface area contributed by atoms with Crippen LogP contribution >= 0.6 is 0 Å². The highest BCUT2D eigenvalue weighted by Crippen LogP contribution is 2.09. The minimum Gasteiger partial charge on any atom is -0.392 e. The molecular formula is C14H21NO2. The van der Waals surface area contributed by atoms with E-state index in [0.29, 0.717) is 5.56 Å². The molecule has 0 saturated heterocycles. The Kier molecular flexibility index (Phi) is 5.70. The van der Waals surface area contributed by atoms with Gasteiger partial charge in [-0.15, -0.1) is 0 Å². The lowest BCUT2D eigenvalue weighted by Crippen LogP contribution is -2.32. The largest absolute Gasteiger partial charge is 0.392 e. The van der Waals surface area contributed by atoms with Gasteiger partial charge in [0.1, 0.15) is 0 Å². The molecular weight excluding hydrogens is 214 g/mol. The molecule has 1 aromatic carbocycles. The van der Waals surface area contributed by atoms with Gasteiger partial charge in [-0.3, -0.25) is 4.79 Å². The van der Waals surface area contributed by atoms with Crippen molar-refractivity contribution >= 4 is 5.91 Å². The molecule has 0 bridgehead atoms. The van der Waals surface area contributed by atoms with E-state index >= 15 is 0 Å². The van der Waals surface area contributed by atoms with Crippen LogP contribution < -0.4 is 0 Å². The van der Waals surface area contributed by atoms with Crippen LogP contribution in [0.1, 0.15) is 42.6 Å². The van der Waals surface area contributed by atoms with E-state index in [0.717, 1.165) is 31.5 Å². The molecule has 0 unspecified atom stereocenters. The predicted molar refractivity (Wildman–Crippen MR) is 68.9 cm³/mol. The number of hydrogen-bond acceptors (Lipinski definition) is 2. The number of carbonyl (C=O) groups excluding carboxylic acids is 1. The van der Waals surface area contributed by atoms with E-state index in [9.17, 15) is 4.79 Å². The highest BCUT2D eigenvalue weighted by molar-refractivity contribution is 5.94. The van der Waals surface area contributed by atoms with Crippen molar-refractivity contribution in [3.63, 3.8) is 0 Å². The first-order valence-corrected chi connectivity index (χ1v) is 6.22. The third-order valence-corrected chi connectivity index (χ3v) is 2.66. The Morgan fingerprint density at radius 3 is 2.06 bits per heavy atom. The van der Waals surface area contributed by atoms with E-state index in [1.807, 2.05) is 4.90 Å². The summed E-state index contributed by atoms with van der Waals surface area (Å²) >= 11 is 0. The number of nitrogens with zero attached hydrogens (tertiary/aromatic N) is 1. The molecule has 1 amide bonds. The SMILES string of the molecule is CCCN(CCC)C(=O)c1ccc(CO)cc1. The van der Waals surface area contributed by atoms with Crippen molar-refractivity contribution in [2.24, 2.45) is 0 Å². The molecule has 0 heterocycles. The van der Waals surface area contributed by atoms with Gasteiger partial charge in [-0.25, -0.2) is 0 Å². The highest BCUT2D eigenvalue weighted by atomic mass is 16.3. The van der Waals surface area contributed by atoms with Crippen molar-refractivity contribution in [1.82, 2.24) is 4.90 Å². The molecule has 0 radical (unpaired) electrons. The minimum absolute atomic E-state index is 0.0160. The Balaban J connectivity index is 2.77. The number of aliphatic hydroxyl groups excluding tert-OH is 1. The van der Waals surface area contributed by atoms with E-state index in [1.165, 1.54) is 0 Å². The zero-order valence-electron chi connectivity index (χ0n) is 10.6. The van der Waals surface area contributed by atoms with E-state index < -0.39 is 0 Å². The molecule has 0 aliphatic heterocycles. The molecule has 17 heavy (non-hydrogen) atoms. The minimum atomic E-state index is 0.0160. The van der Waals surface area contributed by atoms with Gasteiger partial charge in [0, 0.05) is 18.7 Å². The molecule has 3 nitrogen and oxygen atoms in total. The molecule has 0 aliphatic rings. The van der Waals surface area contributed by atoms with Crippen LogP contribution in [-0.2, 0) is 6.61 Å². The number of rotatable bonds is 6. The lowest BCUT2D eigenvalue weighted by atomic mass is 10.1. The molecule has 3 heteroatoms. The van der Waals surface area contributed by atoms with E-state index in [1.54, 1.807) is 24.3 Å². The van der Waals surface area contributed by atoms with Gasteiger partial charge in [-0.1, -0.05) is 26.0 Å². The van der Waals surface area contributed by atoms with Gasteiger partial charge in [0.2, 0.25) is 0 Å². The van der Waals surface area contributed by atoms with Crippen molar-refractivity contribution in [2.45, 2.75) is 33.3 Å². The fraction of sp³-hybridized carbons (Fsp3) is 0.500. The van der Waals surface area contributed by atoms with Crippen LogP contribution in [0.15, 0.2) is 24.3 Å². The second kappa shape index (κ2) is 7.07. The van der Waals surface area contributed by atoms with Gasteiger partial charge < -0.3 is 10.0 Å². The summed E-state index contributed by atoms with van der Waals surface area (Å²) in [6.07, 6.45) is 1.95. The van der Waals surface area contributed by atoms with Gasteiger partial charge in [-0.2, -0.15) is 0 Å². The predicted octanol–water partition coefficient (Wildman–Crippen LogP) is 2.44. The lowest BCUT2D eigenvalue weighted by molar-refractivity contribution is 0.0755. The van der Waals surface area contributed by atoms with Crippen molar-refractivity contribution in [3.8, 4) is 0 Å². The maximum Gasteiger partial charge on any atom is 0.253 e. The Hall–Kier alpha value is -1.35. The summed E-state index contributed by atoms with van der Waals surface area (Å²) in [5.41, 5.74) is 1.53. The summed E-state index contributed by atoms with van der Waals surface area (Å²) in [5, 5.41) is 8.95. The highest BCUT2D eigenvalue weighted by Gasteiger charge is 2.13. The smallest absolute Gasteiger partial charge is 0.253 e. The summed E-state index contributed by atoms with van der Waals surface area (Å²) in [6, 6.07) is 7.16. The first-order chi connectivity index (χ1) is 8.22. The maximum absolute atomic E-state index is 12.2. The van der Waals surface area contributed by atoms with Crippen LogP contribution in [0, 0.1) is 0 Å². The van der Waals surface area contributed by atoms with Crippen LogP contribution in [-0.4, -0.2) is 29.0 Å². The number of benzene rings is 1. The zero-order chi connectivity index (χ0) is 12.7. The van der Waals surface area contributed by atoms with Gasteiger partial charge in [0.25, 0.3) is 5.91 Å². The third kappa shape index (κ3) is 3.86. The Morgan fingerprint density at radius 2 is 1.65 bits per heavy atom. The van der Waals surface area contributed by atoms with E-state index in [2.05, 4.69) is 13.8 Å². The Morgan fingerprint density at radius 1 is 1.12 bits per heavy atom. The number of hydrogen-bond donors (Lipinski definition) is 1. The van der Waals surface area contributed by atoms with Crippen LogP contribution in [0.5, 0.6) is 0 Å². The second-order valence-corrected chi connectivity index (χ2v) is 4.15. The average molecular weight is 235 g/mol. The van der Waals surface area contributed by atoms with Gasteiger partial charge >= 0.3 is 0 Å². The fourth-order valence-electron chi connectivity index (χ4n) is 1.79. The number of amides is 1. The van der Waals surface area contributed by atoms with Gasteiger partial charge in [-0.05, 0) is 30.5 Å². The topological polar surface area (TPSA) is 40.5 Å². The molecule has 0 aliphatic carbocycles. The molecule has 0 saturated carbocycles. The lowest BCUT2D eigenvalue weighted by Gasteiger charge is -2.21. The molecule has 0 spiro atoms. The maximum atomic E-state index is 12.2. The summed E-state index contributed by atoms with van der Waals surface area (Å²) in [7, 11) is 0. The average Bonchev–Trinajstić information content (AvgIpc) is 2.38. The molecule has 0 atom stereocenters. The molecule has 1 rings (SSSR count). The van der Waals surface area contributed by atoms with Crippen LogP contribution in [0.4, 0.5) is 0 Å². The van der Waals surface area contributed by atoms with Gasteiger partial charge in [0.15, 0.2) is 0 Å². The van der Waals surface area contributed by atoms with Crippen LogP contribution in [0.25, 0.3) is 0 Å². The summed E-state index contributed by atoms with van der Waals surface area (Å²) in [5.74, 6) is 0.0817. The monoisotopic (exact) mass is 235 g/mol. The standard InChI is InChI=1S/C14H21NO2/c1-3-9-15(10-4-2)14(17)13-7-5-12(11-16)6-8-13/h5-8,16H,3-4,9-11H2,1-2H3. The molecule has 0 fully saturated rings. The van der Waals surface area contributed by atoms with Crippen LogP contribution in [0.3, 0.4) is 0 Å². The van der Waals surface area contributed by atoms with Crippen molar-refractivity contribution in [2.75, 3.05) is 13.1 Å². The van der Waals surface area contributed by atoms with Crippen molar-refractivity contribution in [1.29, 1.82) is 0 Å².